The van der Waals surface area contributed by atoms with Crippen LogP contribution >= 0.6 is 0 Å². The summed E-state index contributed by atoms with van der Waals surface area (Å²) >= 11 is 0. The Labute approximate surface area is 113 Å². The van der Waals surface area contributed by atoms with Crippen LogP contribution in [0, 0.1) is 12.0 Å². The van der Waals surface area contributed by atoms with Crippen LogP contribution in [0.25, 0.3) is 0 Å². The Morgan fingerprint density at radius 1 is 1.17 bits per heavy atom. The van der Waals surface area contributed by atoms with Crippen molar-refractivity contribution < 1.29 is 0 Å². The number of benzene rings is 1. The monoisotopic (exact) mass is 246 g/mol. The summed E-state index contributed by atoms with van der Waals surface area (Å²) in [5.74, 6) is 0.772. The maximum atomic E-state index is 3.61. The van der Waals surface area contributed by atoms with E-state index < -0.39 is 0 Å². The van der Waals surface area contributed by atoms with Gasteiger partial charge in [0, 0.05) is 12.6 Å². The second kappa shape index (κ2) is 8.31. The summed E-state index contributed by atoms with van der Waals surface area (Å²) in [6.45, 7) is 10.1. The van der Waals surface area contributed by atoms with E-state index in [0.717, 1.165) is 12.5 Å². The summed E-state index contributed by atoms with van der Waals surface area (Å²) in [5, 5.41) is 3.61. The smallest absolute Gasteiger partial charge is 0.0210 e. The fourth-order valence-corrected chi connectivity index (χ4v) is 2.17. The largest absolute Gasteiger partial charge is 0.310 e. The molecule has 0 bridgehead atoms. The zero-order chi connectivity index (χ0) is 13.4. The van der Waals surface area contributed by atoms with Gasteiger partial charge in [0.2, 0.25) is 0 Å². The van der Waals surface area contributed by atoms with Crippen LogP contribution in [0.1, 0.15) is 58.1 Å². The molecule has 0 aliphatic carbocycles. The molecule has 101 valence electrons. The third-order valence-electron chi connectivity index (χ3n) is 3.40. The molecule has 1 unspecified atom stereocenters. The average molecular weight is 246 g/mol. The van der Waals surface area contributed by atoms with Crippen LogP contribution in [-0.4, -0.2) is 6.04 Å². The molecule has 1 heteroatoms. The van der Waals surface area contributed by atoms with E-state index in [1.807, 2.05) is 6.07 Å². The molecule has 1 N–H and O–H groups in total. The lowest BCUT2D eigenvalue weighted by Gasteiger charge is -2.15. The molecule has 0 aromatic heterocycles. The Kier molecular flexibility index (Phi) is 7.04. The van der Waals surface area contributed by atoms with Crippen molar-refractivity contribution >= 4 is 0 Å². The highest BCUT2D eigenvalue weighted by molar-refractivity contribution is 5.26. The molecule has 0 saturated heterocycles. The number of hydrogen-bond donors (Lipinski definition) is 1. The molecule has 0 amide bonds. The lowest BCUT2D eigenvalue weighted by Crippen LogP contribution is -2.25. The van der Waals surface area contributed by atoms with Gasteiger partial charge in [-0.05, 0) is 55.4 Å². The summed E-state index contributed by atoms with van der Waals surface area (Å²) in [5.41, 5.74) is 2.90. The first-order valence-electron chi connectivity index (χ1n) is 7.34. The van der Waals surface area contributed by atoms with Crippen molar-refractivity contribution in [2.75, 3.05) is 0 Å². The molecule has 1 atom stereocenters. The SMILES string of the molecule is CCCC(C)NCc1c[c]ccc1CCC(C)C. The zero-order valence-corrected chi connectivity index (χ0v) is 12.4. The van der Waals surface area contributed by atoms with E-state index in [0.29, 0.717) is 6.04 Å². The number of nitrogens with one attached hydrogen (secondary N) is 1. The molecule has 1 aromatic rings. The van der Waals surface area contributed by atoms with E-state index in [9.17, 15) is 0 Å². The van der Waals surface area contributed by atoms with Gasteiger partial charge in [-0.25, -0.2) is 0 Å². The Hall–Kier alpha value is -0.820. The summed E-state index contributed by atoms with van der Waals surface area (Å²) < 4.78 is 0. The quantitative estimate of drug-likeness (QED) is 0.719. The molecule has 1 nitrogen and oxygen atoms in total. The highest BCUT2D eigenvalue weighted by Crippen LogP contribution is 2.14. The van der Waals surface area contributed by atoms with Gasteiger partial charge in [0.1, 0.15) is 0 Å². The van der Waals surface area contributed by atoms with Gasteiger partial charge in [-0.2, -0.15) is 0 Å². The predicted octanol–water partition coefficient (Wildman–Crippen LogP) is 4.35. The lowest BCUT2D eigenvalue weighted by atomic mass is 9.98. The first-order valence-corrected chi connectivity index (χ1v) is 7.34. The number of hydrogen-bond acceptors (Lipinski definition) is 1. The van der Waals surface area contributed by atoms with Gasteiger partial charge in [0.15, 0.2) is 0 Å². The van der Waals surface area contributed by atoms with Crippen LogP contribution in [-0.2, 0) is 13.0 Å². The Balaban J connectivity index is 2.53. The van der Waals surface area contributed by atoms with Crippen molar-refractivity contribution in [2.24, 2.45) is 5.92 Å². The predicted molar refractivity (Wildman–Crippen MR) is 79.6 cm³/mol. The fourth-order valence-electron chi connectivity index (χ4n) is 2.17. The number of aryl methyl sites for hydroxylation is 1. The molecular weight excluding hydrogens is 218 g/mol. The van der Waals surface area contributed by atoms with E-state index in [-0.39, 0.29) is 0 Å². The Morgan fingerprint density at radius 2 is 1.94 bits per heavy atom. The van der Waals surface area contributed by atoms with Crippen molar-refractivity contribution in [3.05, 3.63) is 35.4 Å². The first-order chi connectivity index (χ1) is 8.63. The van der Waals surface area contributed by atoms with Crippen molar-refractivity contribution in [1.29, 1.82) is 0 Å². The molecule has 0 heterocycles. The minimum atomic E-state index is 0.605. The molecule has 0 spiro atoms. The van der Waals surface area contributed by atoms with Crippen molar-refractivity contribution in [3.63, 3.8) is 0 Å². The maximum Gasteiger partial charge on any atom is 0.0210 e. The molecule has 1 aromatic carbocycles. The first kappa shape index (κ1) is 15.2. The molecular formula is C17H28N. The molecule has 1 rings (SSSR count). The van der Waals surface area contributed by atoms with Crippen molar-refractivity contribution in [2.45, 2.75) is 66.0 Å². The Bertz CT molecular complexity index is 330. The van der Waals surface area contributed by atoms with Gasteiger partial charge in [-0.1, -0.05) is 39.3 Å². The third-order valence-corrected chi connectivity index (χ3v) is 3.40. The van der Waals surface area contributed by atoms with E-state index in [1.165, 1.54) is 36.8 Å². The molecule has 0 aliphatic rings. The molecule has 0 fully saturated rings. The van der Waals surface area contributed by atoms with Gasteiger partial charge in [-0.3, -0.25) is 0 Å². The van der Waals surface area contributed by atoms with Gasteiger partial charge >= 0.3 is 0 Å². The zero-order valence-electron chi connectivity index (χ0n) is 12.4. The van der Waals surface area contributed by atoms with E-state index in [1.54, 1.807) is 0 Å². The van der Waals surface area contributed by atoms with E-state index in [2.05, 4.69) is 51.2 Å². The van der Waals surface area contributed by atoms with Crippen LogP contribution in [0.2, 0.25) is 0 Å². The lowest BCUT2D eigenvalue weighted by molar-refractivity contribution is 0.505. The van der Waals surface area contributed by atoms with Gasteiger partial charge in [0.25, 0.3) is 0 Å². The average Bonchev–Trinajstić information content (AvgIpc) is 2.35. The maximum absolute atomic E-state index is 3.61. The highest BCUT2D eigenvalue weighted by atomic mass is 14.9. The topological polar surface area (TPSA) is 12.0 Å². The normalized spacial score (nSPS) is 12.9. The van der Waals surface area contributed by atoms with Crippen molar-refractivity contribution in [3.8, 4) is 0 Å². The van der Waals surface area contributed by atoms with Gasteiger partial charge < -0.3 is 5.32 Å². The summed E-state index contributed by atoms with van der Waals surface area (Å²) in [4.78, 5) is 0. The second-order valence-electron chi connectivity index (χ2n) is 5.70. The van der Waals surface area contributed by atoms with Gasteiger partial charge in [0.05, 0.1) is 0 Å². The van der Waals surface area contributed by atoms with Crippen LogP contribution < -0.4 is 5.32 Å². The standard InChI is InChI=1S/C17H28N/c1-5-8-15(4)18-13-17-10-7-6-9-16(17)12-11-14(2)3/h6,9-10,14-15,18H,5,8,11-13H2,1-4H3. The van der Waals surface area contributed by atoms with E-state index in [4.69, 9.17) is 0 Å². The summed E-state index contributed by atoms with van der Waals surface area (Å²) in [6, 6.07) is 10.2. The molecule has 0 aliphatic heterocycles. The minimum Gasteiger partial charge on any atom is -0.310 e. The molecule has 0 saturated carbocycles. The third kappa shape index (κ3) is 5.68. The fraction of sp³-hybridized carbons (Fsp3) is 0.647. The van der Waals surface area contributed by atoms with Crippen LogP contribution in [0.3, 0.4) is 0 Å². The highest BCUT2D eigenvalue weighted by Gasteiger charge is 2.05. The van der Waals surface area contributed by atoms with Crippen molar-refractivity contribution in [1.82, 2.24) is 5.32 Å². The van der Waals surface area contributed by atoms with Crippen LogP contribution in [0.15, 0.2) is 18.2 Å². The van der Waals surface area contributed by atoms with Gasteiger partial charge in [-0.15, -0.1) is 0 Å². The van der Waals surface area contributed by atoms with Crippen LogP contribution in [0.4, 0.5) is 0 Å². The summed E-state index contributed by atoms with van der Waals surface area (Å²) in [7, 11) is 0. The Morgan fingerprint density at radius 3 is 2.61 bits per heavy atom. The van der Waals surface area contributed by atoms with Crippen LogP contribution in [0.5, 0.6) is 0 Å². The second-order valence-corrected chi connectivity index (χ2v) is 5.70. The molecule has 18 heavy (non-hydrogen) atoms. The number of rotatable bonds is 8. The summed E-state index contributed by atoms with van der Waals surface area (Å²) in [6.07, 6.45) is 4.94. The van der Waals surface area contributed by atoms with E-state index >= 15 is 0 Å². The minimum absolute atomic E-state index is 0.605. The molecule has 1 radical (unpaired) electrons.